The van der Waals surface area contributed by atoms with Crippen LogP contribution in [0.5, 0.6) is 0 Å². The number of hydrogen-bond donors (Lipinski definition) is 1. The molecule has 0 aromatic heterocycles. The number of amides is 2. The largest absolute Gasteiger partial charge is 0.350 e. The van der Waals surface area contributed by atoms with Crippen molar-refractivity contribution in [1.29, 1.82) is 0 Å². The van der Waals surface area contributed by atoms with E-state index in [9.17, 15) is 14.0 Å². The molecule has 130 valence electrons. The molecule has 0 saturated carbocycles. The van der Waals surface area contributed by atoms with Gasteiger partial charge in [-0.2, -0.15) is 0 Å². The first-order valence-corrected chi connectivity index (χ1v) is 9.06. The Morgan fingerprint density at radius 3 is 2.76 bits per heavy atom. The number of benzene rings is 2. The van der Waals surface area contributed by atoms with Crippen LogP contribution in [0.2, 0.25) is 0 Å². The lowest BCUT2D eigenvalue weighted by Crippen LogP contribution is -2.39. The van der Waals surface area contributed by atoms with Crippen molar-refractivity contribution in [3.8, 4) is 0 Å². The van der Waals surface area contributed by atoms with Gasteiger partial charge in [0.2, 0.25) is 11.8 Å². The number of halogens is 1. The number of aryl methyl sites for hydroxylation is 1. The fraction of sp³-hybridized carbons (Fsp3) is 0.263. The van der Waals surface area contributed by atoms with Gasteiger partial charge in [-0.1, -0.05) is 42.0 Å². The maximum Gasteiger partial charge on any atom is 0.239 e. The number of carbonyl (C=O) groups excluding carboxylic acids is 2. The molecule has 1 unspecified atom stereocenters. The molecule has 1 N–H and O–H groups in total. The summed E-state index contributed by atoms with van der Waals surface area (Å²) in [5, 5.41) is 2.65. The molecule has 6 heteroatoms. The lowest BCUT2D eigenvalue weighted by Gasteiger charge is -2.24. The second kappa shape index (κ2) is 7.70. The Labute approximate surface area is 150 Å². The van der Waals surface area contributed by atoms with Gasteiger partial charge >= 0.3 is 0 Å². The summed E-state index contributed by atoms with van der Waals surface area (Å²) in [4.78, 5) is 26.0. The molecule has 25 heavy (non-hydrogen) atoms. The van der Waals surface area contributed by atoms with Gasteiger partial charge in [0.25, 0.3) is 0 Å². The Balaban J connectivity index is 1.62. The van der Waals surface area contributed by atoms with Crippen molar-refractivity contribution in [1.82, 2.24) is 10.2 Å². The second-order valence-electron chi connectivity index (χ2n) is 6.00. The number of nitrogens with one attached hydrogen (secondary N) is 1. The number of thioether (sulfide) groups is 1. The van der Waals surface area contributed by atoms with Crippen molar-refractivity contribution < 1.29 is 14.0 Å². The smallest absolute Gasteiger partial charge is 0.239 e. The lowest BCUT2D eigenvalue weighted by atomic mass is 10.1. The zero-order valence-corrected chi connectivity index (χ0v) is 14.7. The fourth-order valence-electron chi connectivity index (χ4n) is 2.74. The standard InChI is InChI=1S/C19H19FN2O2S/c1-13-3-2-4-15(9-13)19-22(18(24)12-25-19)11-17(23)21-10-14-5-7-16(20)8-6-14/h2-9,19H,10-12H2,1H3,(H,21,23). The molecular weight excluding hydrogens is 339 g/mol. The molecule has 1 atom stereocenters. The van der Waals surface area contributed by atoms with Crippen LogP contribution in [0.3, 0.4) is 0 Å². The molecule has 3 rings (SSSR count). The van der Waals surface area contributed by atoms with E-state index in [2.05, 4.69) is 5.32 Å². The molecule has 2 aromatic carbocycles. The van der Waals surface area contributed by atoms with E-state index < -0.39 is 0 Å². The molecular formula is C19H19FN2O2S. The molecule has 1 aliphatic rings. The number of hydrogen-bond acceptors (Lipinski definition) is 3. The summed E-state index contributed by atoms with van der Waals surface area (Å²) in [5.41, 5.74) is 2.97. The Bertz CT molecular complexity index is 779. The molecule has 1 aliphatic heterocycles. The average molecular weight is 358 g/mol. The molecule has 2 amide bonds. The summed E-state index contributed by atoms with van der Waals surface area (Å²) in [6, 6.07) is 14.0. The Morgan fingerprint density at radius 1 is 1.28 bits per heavy atom. The number of nitrogens with zero attached hydrogens (tertiary/aromatic N) is 1. The van der Waals surface area contributed by atoms with Gasteiger partial charge in [0.05, 0.1) is 5.75 Å². The first-order chi connectivity index (χ1) is 12.0. The van der Waals surface area contributed by atoms with E-state index in [4.69, 9.17) is 0 Å². The predicted molar refractivity (Wildman–Crippen MR) is 96.3 cm³/mol. The molecule has 0 aliphatic carbocycles. The van der Waals surface area contributed by atoms with Crippen molar-refractivity contribution in [2.45, 2.75) is 18.8 Å². The molecule has 0 radical (unpaired) electrons. The molecule has 2 aromatic rings. The van der Waals surface area contributed by atoms with E-state index in [0.717, 1.165) is 16.7 Å². The highest BCUT2D eigenvalue weighted by atomic mass is 32.2. The highest BCUT2D eigenvalue weighted by Gasteiger charge is 2.34. The van der Waals surface area contributed by atoms with Crippen LogP contribution in [0.15, 0.2) is 48.5 Å². The molecule has 1 heterocycles. The van der Waals surface area contributed by atoms with Crippen LogP contribution in [0, 0.1) is 12.7 Å². The van der Waals surface area contributed by atoms with E-state index in [1.165, 1.54) is 23.9 Å². The van der Waals surface area contributed by atoms with Gasteiger partial charge in [0.1, 0.15) is 17.7 Å². The van der Waals surface area contributed by atoms with Gasteiger partial charge in [0.15, 0.2) is 0 Å². The molecule has 0 bridgehead atoms. The van der Waals surface area contributed by atoms with Crippen molar-refractivity contribution in [3.63, 3.8) is 0 Å². The van der Waals surface area contributed by atoms with Crippen LogP contribution in [0.25, 0.3) is 0 Å². The van der Waals surface area contributed by atoms with Crippen LogP contribution in [0.1, 0.15) is 22.1 Å². The number of rotatable bonds is 5. The van der Waals surface area contributed by atoms with Crippen molar-refractivity contribution in [3.05, 3.63) is 71.0 Å². The second-order valence-corrected chi connectivity index (χ2v) is 7.07. The van der Waals surface area contributed by atoms with Gasteiger partial charge in [-0.3, -0.25) is 9.59 Å². The van der Waals surface area contributed by atoms with Crippen LogP contribution in [-0.4, -0.2) is 29.0 Å². The van der Waals surface area contributed by atoms with Crippen LogP contribution < -0.4 is 5.32 Å². The Kier molecular flexibility index (Phi) is 5.38. The molecule has 0 spiro atoms. The lowest BCUT2D eigenvalue weighted by molar-refractivity contribution is -0.133. The van der Waals surface area contributed by atoms with E-state index in [1.807, 2.05) is 31.2 Å². The maximum absolute atomic E-state index is 12.9. The minimum Gasteiger partial charge on any atom is -0.350 e. The van der Waals surface area contributed by atoms with E-state index >= 15 is 0 Å². The van der Waals surface area contributed by atoms with Gasteiger partial charge < -0.3 is 10.2 Å². The Morgan fingerprint density at radius 2 is 2.04 bits per heavy atom. The first-order valence-electron chi connectivity index (χ1n) is 8.02. The van der Waals surface area contributed by atoms with E-state index in [-0.39, 0.29) is 29.6 Å². The number of carbonyl (C=O) groups is 2. The van der Waals surface area contributed by atoms with Crippen molar-refractivity contribution in [2.75, 3.05) is 12.3 Å². The van der Waals surface area contributed by atoms with Crippen LogP contribution in [0.4, 0.5) is 4.39 Å². The topological polar surface area (TPSA) is 49.4 Å². The molecule has 4 nitrogen and oxygen atoms in total. The first kappa shape index (κ1) is 17.5. The summed E-state index contributed by atoms with van der Waals surface area (Å²) >= 11 is 1.53. The zero-order valence-electron chi connectivity index (χ0n) is 13.9. The quantitative estimate of drug-likeness (QED) is 0.894. The van der Waals surface area contributed by atoms with E-state index in [1.54, 1.807) is 17.0 Å². The maximum atomic E-state index is 12.9. The van der Waals surface area contributed by atoms with Crippen LogP contribution >= 0.6 is 11.8 Å². The fourth-order valence-corrected chi connectivity index (χ4v) is 3.92. The normalized spacial score (nSPS) is 17.0. The van der Waals surface area contributed by atoms with Crippen molar-refractivity contribution in [2.24, 2.45) is 0 Å². The summed E-state index contributed by atoms with van der Waals surface area (Å²) in [7, 11) is 0. The van der Waals surface area contributed by atoms with Gasteiger partial charge in [0, 0.05) is 6.54 Å². The zero-order chi connectivity index (χ0) is 17.8. The Hall–Kier alpha value is -2.34. The molecule has 1 fully saturated rings. The highest BCUT2D eigenvalue weighted by molar-refractivity contribution is 8.00. The summed E-state index contributed by atoms with van der Waals surface area (Å²) in [5.74, 6) is -0.189. The summed E-state index contributed by atoms with van der Waals surface area (Å²) < 4.78 is 12.9. The predicted octanol–water partition coefficient (Wildman–Crippen LogP) is 3.02. The highest BCUT2D eigenvalue weighted by Crippen LogP contribution is 2.38. The average Bonchev–Trinajstić information content (AvgIpc) is 2.95. The monoisotopic (exact) mass is 358 g/mol. The minimum atomic E-state index is -0.309. The summed E-state index contributed by atoms with van der Waals surface area (Å²) in [6.07, 6.45) is 0. The van der Waals surface area contributed by atoms with Gasteiger partial charge in [-0.15, -0.1) is 11.8 Å². The SMILES string of the molecule is Cc1cccc(C2SCC(=O)N2CC(=O)NCc2ccc(F)cc2)c1. The third-order valence-electron chi connectivity index (χ3n) is 4.01. The van der Waals surface area contributed by atoms with Crippen LogP contribution in [-0.2, 0) is 16.1 Å². The third-order valence-corrected chi connectivity index (χ3v) is 5.27. The van der Waals surface area contributed by atoms with Gasteiger partial charge in [-0.05, 0) is 30.2 Å². The third kappa shape index (κ3) is 4.39. The van der Waals surface area contributed by atoms with E-state index in [0.29, 0.717) is 12.3 Å². The minimum absolute atomic E-state index is 0.0195. The summed E-state index contributed by atoms with van der Waals surface area (Å²) in [6.45, 7) is 2.33. The van der Waals surface area contributed by atoms with Crippen molar-refractivity contribution >= 4 is 23.6 Å². The van der Waals surface area contributed by atoms with Gasteiger partial charge in [-0.25, -0.2) is 4.39 Å². The molecule has 1 saturated heterocycles.